The molecule has 29 heavy (non-hydrogen) atoms. The number of hydrogen-bond donors (Lipinski definition) is 1. The zero-order valence-corrected chi connectivity index (χ0v) is 15.5. The van der Waals surface area contributed by atoms with Gasteiger partial charge >= 0.3 is 5.69 Å². The van der Waals surface area contributed by atoms with Crippen molar-refractivity contribution in [2.45, 2.75) is 0 Å². The lowest BCUT2D eigenvalue weighted by Crippen LogP contribution is -2.38. The van der Waals surface area contributed by atoms with Crippen molar-refractivity contribution in [1.82, 2.24) is 9.13 Å². The highest BCUT2D eigenvalue weighted by Crippen LogP contribution is 2.33. The number of rotatable bonds is 2. The van der Waals surface area contributed by atoms with E-state index in [4.69, 9.17) is 0 Å². The maximum atomic E-state index is 13.0. The van der Waals surface area contributed by atoms with Crippen LogP contribution in [0.3, 0.4) is 0 Å². The Morgan fingerprint density at radius 2 is 1.45 bits per heavy atom. The van der Waals surface area contributed by atoms with E-state index in [2.05, 4.69) is 4.99 Å². The highest BCUT2D eigenvalue weighted by molar-refractivity contribution is 6.30. The normalized spacial score (nSPS) is 12.9. The second-order valence-corrected chi connectivity index (χ2v) is 6.60. The Morgan fingerprint density at radius 1 is 0.828 bits per heavy atom. The summed E-state index contributed by atoms with van der Waals surface area (Å²) in [6.07, 6.45) is 1.09. The van der Waals surface area contributed by atoms with E-state index in [1.807, 2.05) is 0 Å². The van der Waals surface area contributed by atoms with Crippen LogP contribution in [-0.2, 0) is 14.1 Å². The first-order valence-corrected chi connectivity index (χ1v) is 8.67. The molecule has 1 aromatic heterocycles. The van der Waals surface area contributed by atoms with Gasteiger partial charge < -0.3 is 5.11 Å². The number of carbonyl (C=O) groups excluding carboxylic acids is 2. The van der Waals surface area contributed by atoms with E-state index in [-0.39, 0.29) is 39.5 Å². The number of nitrogens with zero attached hydrogens (tertiary/aromatic N) is 3. The van der Waals surface area contributed by atoms with E-state index in [9.17, 15) is 24.3 Å². The van der Waals surface area contributed by atoms with E-state index >= 15 is 0 Å². The SMILES string of the molecule is Cn1c(O)c(C=Nc2cccc3c2C(=O)c2ccccc2C3=O)c(=O)n(C)c1=O. The number of carbonyl (C=O) groups is 2. The third-order valence-electron chi connectivity index (χ3n) is 4.93. The first-order valence-electron chi connectivity index (χ1n) is 8.67. The van der Waals surface area contributed by atoms with Crippen LogP contribution in [0.15, 0.2) is 57.0 Å². The number of aliphatic imine (C=N–C) groups is 1. The van der Waals surface area contributed by atoms with Gasteiger partial charge in [-0.05, 0) is 6.07 Å². The van der Waals surface area contributed by atoms with Crippen LogP contribution in [0.5, 0.6) is 5.88 Å². The number of hydrogen-bond acceptors (Lipinski definition) is 6. The molecule has 0 spiro atoms. The maximum absolute atomic E-state index is 13.0. The molecule has 2 aromatic carbocycles. The number of fused-ring (bicyclic) bond motifs is 2. The molecular formula is C21H15N3O5. The average molecular weight is 389 g/mol. The molecule has 0 saturated heterocycles. The minimum atomic E-state index is -0.730. The van der Waals surface area contributed by atoms with Crippen molar-refractivity contribution < 1.29 is 14.7 Å². The summed E-state index contributed by atoms with van der Waals surface area (Å²) in [7, 11) is 2.60. The van der Waals surface area contributed by atoms with Crippen LogP contribution in [0.25, 0.3) is 0 Å². The Labute approximate surface area is 164 Å². The van der Waals surface area contributed by atoms with Crippen molar-refractivity contribution in [3.05, 3.63) is 91.1 Å². The summed E-state index contributed by atoms with van der Waals surface area (Å²) in [4.78, 5) is 54.2. The van der Waals surface area contributed by atoms with Crippen LogP contribution in [0.4, 0.5) is 5.69 Å². The molecule has 1 aliphatic rings. The van der Waals surface area contributed by atoms with Crippen molar-refractivity contribution in [3.8, 4) is 5.88 Å². The topological polar surface area (TPSA) is 111 Å². The van der Waals surface area contributed by atoms with E-state index in [0.717, 1.165) is 15.3 Å². The Morgan fingerprint density at radius 3 is 2.14 bits per heavy atom. The lowest BCUT2D eigenvalue weighted by Gasteiger charge is -2.18. The Bertz CT molecular complexity index is 1360. The Kier molecular flexibility index (Phi) is 4.11. The second kappa shape index (κ2) is 6.52. The van der Waals surface area contributed by atoms with Gasteiger partial charge in [0.2, 0.25) is 5.88 Å². The predicted molar refractivity (Wildman–Crippen MR) is 106 cm³/mol. The molecule has 0 amide bonds. The number of benzene rings is 2. The molecule has 144 valence electrons. The van der Waals surface area contributed by atoms with E-state index in [1.54, 1.807) is 36.4 Å². The fourth-order valence-corrected chi connectivity index (χ4v) is 3.34. The van der Waals surface area contributed by atoms with Gasteiger partial charge in [0.15, 0.2) is 11.6 Å². The van der Waals surface area contributed by atoms with E-state index in [0.29, 0.717) is 5.56 Å². The summed E-state index contributed by atoms with van der Waals surface area (Å²) < 4.78 is 1.75. The largest absolute Gasteiger partial charge is 0.494 e. The third kappa shape index (κ3) is 2.65. The monoisotopic (exact) mass is 389 g/mol. The molecule has 0 radical (unpaired) electrons. The predicted octanol–water partition coefficient (Wildman–Crippen LogP) is 1.32. The molecule has 0 bridgehead atoms. The number of aromatic nitrogens is 2. The summed E-state index contributed by atoms with van der Waals surface area (Å²) in [5.74, 6) is -1.17. The molecule has 8 heteroatoms. The maximum Gasteiger partial charge on any atom is 0.333 e. The van der Waals surface area contributed by atoms with Gasteiger partial charge in [0.05, 0.1) is 11.3 Å². The molecule has 1 heterocycles. The third-order valence-corrected chi connectivity index (χ3v) is 4.93. The molecular weight excluding hydrogens is 374 g/mol. The first kappa shape index (κ1) is 18.3. The lowest BCUT2D eigenvalue weighted by atomic mass is 9.83. The van der Waals surface area contributed by atoms with Gasteiger partial charge in [-0.2, -0.15) is 0 Å². The molecule has 1 N–H and O–H groups in total. The molecule has 0 unspecified atom stereocenters. The highest BCUT2D eigenvalue weighted by Gasteiger charge is 2.31. The fourth-order valence-electron chi connectivity index (χ4n) is 3.34. The molecule has 4 rings (SSSR count). The summed E-state index contributed by atoms with van der Waals surface area (Å²) in [5, 5.41) is 10.2. The second-order valence-electron chi connectivity index (χ2n) is 6.60. The van der Waals surface area contributed by atoms with Crippen molar-refractivity contribution in [1.29, 1.82) is 0 Å². The summed E-state index contributed by atoms with van der Waals surface area (Å²) in [5.41, 5.74) is -0.461. The smallest absolute Gasteiger partial charge is 0.333 e. The van der Waals surface area contributed by atoms with Crippen LogP contribution in [0.2, 0.25) is 0 Å². The van der Waals surface area contributed by atoms with Gasteiger partial charge in [0, 0.05) is 37.0 Å². The molecule has 0 atom stereocenters. The lowest BCUT2D eigenvalue weighted by molar-refractivity contribution is 0.0979. The van der Waals surface area contributed by atoms with E-state index < -0.39 is 17.1 Å². The van der Waals surface area contributed by atoms with Crippen molar-refractivity contribution in [2.75, 3.05) is 0 Å². The van der Waals surface area contributed by atoms with Gasteiger partial charge in [0.1, 0.15) is 5.56 Å². The molecule has 0 fully saturated rings. The Balaban J connectivity index is 1.89. The Hall–Kier alpha value is -4.07. The number of aromatic hydroxyl groups is 1. The van der Waals surface area contributed by atoms with Crippen molar-refractivity contribution >= 4 is 23.5 Å². The summed E-state index contributed by atoms with van der Waals surface area (Å²) in [6.45, 7) is 0. The van der Waals surface area contributed by atoms with Crippen molar-refractivity contribution in [2.24, 2.45) is 19.1 Å². The standard InChI is InChI=1S/C21H15N3O5/c1-23-19(27)14(20(28)24(2)21(23)29)10-22-15-9-5-8-13-16(15)18(26)12-7-4-3-6-11(12)17(13)25/h3-10,27H,1-2H3. The minimum Gasteiger partial charge on any atom is -0.494 e. The first-order chi connectivity index (χ1) is 13.8. The zero-order valence-electron chi connectivity index (χ0n) is 15.5. The molecule has 0 aliphatic heterocycles. The van der Waals surface area contributed by atoms with Gasteiger partial charge in [0.25, 0.3) is 5.56 Å². The van der Waals surface area contributed by atoms with Crippen LogP contribution < -0.4 is 11.2 Å². The van der Waals surface area contributed by atoms with Crippen LogP contribution in [0, 0.1) is 0 Å². The number of ketones is 2. The minimum absolute atomic E-state index is 0.133. The van der Waals surface area contributed by atoms with Crippen LogP contribution >= 0.6 is 0 Å². The average Bonchev–Trinajstić information content (AvgIpc) is 2.74. The fraction of sp³-hybridized carbons (Fsp3) is 0.0952. The van der Waals surface area contributed by atoms with Crippen LogP contribution in [-0.4, -0.2) is 32.0 Å². The van der Waals surface area contributed by atoms with Crippen LogP contribution in [0.1, 0.15) is 37.4 Å². The molecule has 1 aliphatic carbocycles. The highest BCUT2D eigenvalue weighted by atomic mass is 16.3. The molecule has 3 aromatic rings. The van der Waals surface area contributed by atoms with Gasteiger partial charge in [-0.3, -0.25) is 28.5 Å². The van der Waals surface area contributed by atoms with Gasteiger partial charge in [-0.1, -0.05) is 36.4 Å². The quantitative estimate of drug-likeness (QED) is 0.520. The zero-order chi connectivity index (χ0) is 20.9. The molecule has 8 nitrogen and oxygen atoms in total. The molecule has 0 saturated carbocycles. The van der Waals surface area contributed by atoms with E-state index in [1.165, 1.54) is 20.2 Å². The van der Waals surface area contributed by atoms with Gasteiger partial charge in [-0.25, -0.2) is 4.79 Å². The van der Waals surface area contributed by atoms with Gasteiger partial charge in [-0.15, -0.1) is 0 Å². The summed E-state index contributed by atoms with van der Waals surface area (Å²) in [6, 6.07) is 11.2. The van der Waals surface area contributed by atoms with Crippen molar-refractivity contribution in [3.63, 3.8) is 0 Å². The summed E-state index contributed by atoms with van der Waals surface area (Å²) >= 11 is 0.